The van der Waals surface area contributed by atoms with Gasteiger partial charge in [-0.05, 0) is 25.5 Å². The molecule has 0 fully saturated rings. The molecule has 0 atom stereocenters. The number of carbonyl (C=O) groups is 1. The number of nitrogens with one attached hydrogen (secondary N) is 1. The SMILES string of the molecule is Cc1csc(=O)n1CCCC(=O)Nc1ccccc1. The highest BCUT2D eigenvalue weighted by atomic mass is 32.1. The number of aryl methyl sites for hydroxylation is 1. The van der Waals surface area contributed by atoms with Gasteiger partial charge in [-0.15, -0.1) is 0 Å². The molecule has 0 radical (unpaired) electrons. The van der Waals surface area contributed by atoms with Crippen molar-refractivity contribution in [2.45, 2.75) is 26.3 Å². The first-order valence-electron chi connectivity index (χ1n) is 6.16. The molecule has 0 aliphatic rings. The van der Waals surface area contributed by atoms with Gasteiger partial charge < -0.3 is 9.88 Å². The maximum Gasteiger partial charge on any atom is 0.307 e. The summed E-state index contributed by atoms with van der Waals surface area (Å²) in [5.74, 6) is -0.0212. The average Bonchev–Trinajstić information content (AvgIpc) is 2.71. The molecule has 5 heteroatoms. The van der Waals surface area contributed by atoms with Gasteiger partial charge >= 0.3 is 4.87 Å². The number of aromatic nitrogens is 1. The van der Waals surface area contributed by atoms with E-state index < -0.39 is 0 Å². The summed E-state index contributed by atoms with van der Waals surface area (Å²) in [6, 6.07) is 9.37. The molecule has 2 aromatic rings. The van der Waals surface area contributed by atoms with Gasteiger partial charge in [0.25, 0.3) is 0 Å². The minimum Gasteiger partial charge on any atom is -0.326 e. The summed E-state index contributed by atoms with van der Waals surface area (Å²) in [5, 5.41) is 4.67. The zero-order valence-electron chi connectivity index (χ0n) is 10.8. The van der Waals surface area contributed by atoms with Crippen LogP contribution in [0.5, 0.6) is 0 Å². The van der Waals surface area contributed by atoms with Gasteiger partial charge in [-0.2, -0.15) is 0 Å². The van der Waals surface area contributed by atoms with Crippen LogP contribution >= 0.6 is 11.3 Å². The Hall–Kier alpha value is -1.88. The molecule has 4 nitrogen and oxygen atoms in total. The van der Waals surface area contributed by atoms with Gasteiger partial charge in [-0.25, -0.2) is 0 Å². The zero-order chi connectivity index (χ0) is 13.7. The van der Waals surface area contributed by atoms with Gasteiger partial charge in [0.05, 0.1) is 0 Å². The molecule has 1 aromatic carbocycles. The molecule has 0 unspecified atom stereocenters. The van der Waals surface area contributed by atoms with Crippen molar-refractivity contribution in [3.8, 4) is 0 Å². The quantitative estimate of drug-likeness (QED) is 0.912. The predicted molar refractivity (Wildman–Crippen MR) is 77.6 cm³/mol. The summed E-state index contributed by atoms with van der Waals surface area (Å²) in [4.78, 5) is 23.2. The molecular weight excluding hydrogens is 260 g/mol. The summed E-state index contributed by atoms with van der Waals surface area (Å²) in [6.45, 7) is 2.50. The lowest BCUT2D eigenvalue weighted by Gasteiger charge is -2.06. The number of hydrogen-bond acceptors (Lipinski definition) is 3. The average molecular weight is 276 g/mol. The number of carbonyl (C=O) groups excluding carboxylic acids is 1. The zero-order valence-corrected chi connectivity index (χ0v) is 11.6. The largest absolute Gasteiger partial charge is 0.326 e. The molecule has 0 aliphatic heterocycles. The second kappa shape index (κ2) is 6.33. The number of rotatable bonds is 5. The van der Waals surface area contributed by atoms with Gasteiger partial charge in [0, 0.05) is 29.7 Å². The summed E-state index contributed by atoms with van der Waals surface area (Å²) in [6.07, 6.45) is 1.08. The van der Waals surface area contributed by atoms with Crippen LogP contribution in [0.3, 0.4) is 0 Å². The summed E-state index contributed by atoms with van der Waals surface area (Å²) < 4.78 is 1.71. The van der Waals surface area contributed by atoms with Crippen molar-refractivity contribution in [1.82, 2.24) is 4.57 Å². The number of nitrogens with zero attached hydrogens (tertiary/aromatic N) is 1. The van der Waals surface area contributed by atoms with E-state index in [1.54, 1.807) is 4.57 Å². The van der Waals surface area contributed by atoms with E-state index in [0.29, 0.717) is 19.4 Å². The minimum atomic E-state index is -0.0212. The Labute approximate surface area is 115 Å². The first kappa shape index (κ1) is 13.5. The maximum absolute atomic E-state index is 11.7. The van der Waals surface area contributed by atoms with E-state index in [9.17, 15) is 9.59 Å². The van der Waals surface area contributed by atoms with Crippen LogP contribution in [0, 0.1) is 6.92 Å². The van der Waals surface area contributed by atoms with Gasteiger partial charge in [0.2, 0.25) is 5.91 Å². The maximum atomic E-state index is 11.7. The highest BCUT2D eigenvalue weighted by molar-refractivity contribution is 7.07. The normalized spacial score (nSPS) is 10.4. The fraction of sp³-hybridized carbons (Fsp3) is 0.286. The van der Waals surface area contributed by atoms with Crippen molar-refractivity contribution in [3.63, 3.8) is 0 Å². The van der Waals surface area contributed by atoms with Crippen molar-refractivity contribution in [2.24, 2.45) is 0 Å². The lowest BCUT2D eigenvalue weighted by Crippen LogP contribution is -2.17. The fourth-order valence-electron chi connectivity index (χ4n) is 1.82. The van der Waals surface area contributed by atoms with Crippen LogP contribution in [0.4, 0.5) is 5.69 Å². The standard InChI is InChI=1S/C14H16N2O2S/c1-11-10-19-14(18)16(11)9-5-8-13(17)15-12-6-3-2-4-7-12/h2-4,6-7,10H,5,8-9H2,1H3,(H,15,17). The molecule has 0 saturated heterocycles. The Morgan fingerprint density at radius 2 is 2.05 bits per heavy atom. The Kier molecular flexibility index (Phi) is 4.52. The van der Waals surface area contributed by atoms with Crippen LogP contribution in [-0.4, -0.2) is 10.5 Å². The number of thiazole rings is 1. The summed E-state index contributed by atoms with van der Waals surface area (Å²) in [7, 11) is 0. The molecule has 100 valence electrons. The third-order valence-electron chi connectivity index (χ3n) is 2.82. The molecule has 0 spiro atoms. The smallest absolute Gasteiger partial charge is 0.307 e. The molecule has 1 N–H and O–H groups in total. The second-order valence-corrected chi connectivity index (χ2v) is 5.13. The third-order valence-corrected chi connectivity index (χ3v) is 3.70. The molecule has 2 rings (SSSR count). The van der Waals surface area contributed by atoms with Crippen LogP contribution in [0.1, 0.15) is 18.5 Å². The fourth-order valence-corrected chi connectivity index (χ4v) is 2.58. The van der Waals surface area contributed by atoms with E-state index in [1.807, 2.05) is 42.6 Å². The van der Waals surface area contributed by atoms with Gasteiger partial charge in [0.15, 0.2) is 0 Å². The lowest BCUT2D eigenvalue weighted by atomic mass is 10.2. The molecule has 19 heavy (non-hydrogen) atoms. The van der Waals surface area contributed by atoms with E-state index in [0.717, 1.165) is 11.4 Å². The molecule has 1 aromatic heterocycles. The summed E-state index contributed by atoms with van der Waals surface area (Å²) in [5.41, 5.74) is 1.76. The third kappa shape index (κ3) is 3.79. The van der Waals surface area contributed by atoms with Gasteiger partial charge in [0.1, 0.15) is 0 Å². The molecule has 1 heterocycles. The van der Waals surface area contributed by atoms with Crippen molar-refractivity contribution >= 4 is 22.9 Å². The number of benzene rings is 1. The van der Waals surface area contributed by atoms with E-state index in [1.165, 1.54) is 11.3 Å². The van der Waals surface area contributed by atoms with E-state index >= 15 is 0 Å². The summed E-state index contributed by atoms with van der Waals surface area (Å²) >= 11 is 1.20. The number of para-hydroxylation sites is 1. The molecule has 0 bridgehead atoms. The number of amides is 1. The predicted octanol–water partition coefficient (Wildman–Crippen LogP) is 2.64. The molecule has 1 amide bonds. The minimum absolute atomic E-state index is 0.0212. The molecule has 0 aliphatic carbocycles. The lowest BCUT2D eigenvalue weighted by molar-refractivity contribution is -0.116. The van der Waals surface area contributed by atoms with Crippen molar-refractivity contribution < 1.29 is 4.79 Å². The van der Waals surface area contributed by atoms with E-state index in [-0.39, 0.29) is 10.8 Å². The highest BCUT2D eigenvalue weighted by Gasteiger charge is 2.05. The van der Waals surface area contributed by atoms with E-state index in [2.05, 4.69) is 5.32 Å². The molecule has 0 saturated carbocycles. The topological polar surface area (TPSA) is 51.1 Å². The van der Waals surface area contributed by atoms with Crippen LogP contribution < -0.4 is 10.2 Å². The van der Waals surface area contributed by atoms with Gasteiger partial charge in [-0.3, -0.25) is 9.59 Å². The van der Waals surface area contributed by atoms with Crippen molar-refractivity contribution in [2.75, 3.05) is 5.32 Å². The first-order valence-corrected chi connectivity index (χ1v) is 7.04. The van der Waals surface area contributed by atoms with Crippen LogP contribution in [0.2, 0.25) is 0 Å². The van der Waals surface area contributed by atoms with Crippen LogP contribution in [0.25, 0.3) is 0 Å². The van der Waals surface area contributed by atoms with E-state index in [4.69, 9.17) is 0 Å². The molecular formula is C14H16N2O2S. The van der Waals surface area contributed by atoms with Crippen molar-refractivity contribution in [1.29, 1.82) is 0 Å². The Balaban J connectivity index is 1.80. The van der Waals surface area contributed by atoms with Crippen molar-refractivity contribution in [3.05, 3.63) is 51.1 Å². The number of hydrogen-bond donors (Lipinski definition) is 1. The Morgan fingerprint density at radius 3 is 2.68 bits per heavy atom. The Morgan fingerprint density at radius 1 is 1.32 bits per heavy atom. The second-order valence-electron chi connectivity index (χ2n) is 4.31. The Bertz CT molecular complexity index is 601. The number of anilines is 1. The monoisotopic (exact) mass is 276 g/mol. The van der Waals surface area contributed by atoms with Gasteiger partial charge in [-0.1, -0.05) is 29.5 Å². The van der Waals surface area contributed by atoms with Crippen LogP contribution in [0.15, 0.2) is 40.5 Å². The highest BCUT2D eigenvalue weighted by Crippen LogP contribution is 2.07. The first-order chi connectivity index (χ1) is 9.16. The van der Waals surface area contributed by atoms with Crippen LogP contribution in [-0.2, 0) is 11.3 Å².